The molecule has 0 spiro atoms. The molecule has 148 valence electrons. The smallest absolute Gasteiger partial charge is 0.410 e. The first-order valence-electron chi connectivity index (χ1n) is 9.02. The van der Waals surface area contributed by atoms with Crippen LogP contribution in [0.3, 0.4) is 0 Å². The number of nitrogens with zero attached hydrogens (tertiary/aromatic N) is 2. The third kappa shape index (κ3) is 4.92. The molecular weight excluding hydrogens is 360 g/mol. The lowest BCUT2D eigenvalue weighted by molar-refractivity contribution is 0.0502. The van der Waals surface area contributed by atoms with Gasteiger partial charge in [-0.2, -0.15) is 0 Å². The highest BCUT2D eigenvalue weighted by atomic mass is 16.6. The Hall–Kier alpha value is -3.26. The number of ether oxygens (including phenoxy) is 2. The number of hydrazine groups is 1. The first-order chi connectivity index (χ1) is 13.6. The molecule has 28 heavy (non-hydrogen) atoms. The van der Waals surface area contributed by atoms with E-state index >= 15 is 0 Å². The van der Waals surface area contributed by atoms with Crippen LogP contribution < -0.4 is 15.9 Å². The van der Waals surface area contributed by atoms with E-state index in [1.54, 1.807) is 28.1 Å². The van der Waals surface area contributed by atoms with Crippen molar-refractivity contribution < 1.29 is 19.1 Å². The van der Waals surface area contributed by atoms with Crippen LogP contribution in [0.25, 0.3) is 0 Å². The second-order valence-electron chi connectivity index (χ2n) is 6.41. The average Bonchev–Trinajstić information content (AvgIpc) is 2.73. The van der Waals surface area contributed by atoms with Crippen LogP contribution in [0, 0.1) is 0 Å². The highest BCUT2D eigenvalue weighted by Gasteiger charge is 2.23. The van der Waals surface area contributed by atoms with Gasteiger partial charge in [-0.25, -0.2) is 9.80 Å². The van der Waals surface area contributed by atoms with E-state index in [9.17, 15) is 9.59 Å². The second kappa shape index (κ2) is 9.09. The first-order valence-corrected chi connectivity index (χ1v) is 9.02. The Morgan fingerprint density at radius 2 is 1.79 bits per heavy atom. The normalized spacial score (nSPS) is 14.4. The second-order valence-corrected chi connectivity index (χ2v) is 6.41. The molecule has 0 unspecified atom stereocenters. The number of benzene rings is 2. The summed E-state index contributed by atoms with van der Waals surface area (Å²) >= 11 is 0. The van der Waals surface area contributed by atoms with Crippen molar-refractivity contribution in [2.75, 3.05) is 39.0 Å². The average molecular weight is 384 g/mol. The lowest BCUT2D eigenvalue weighted by Gasteiger charge is -2.34. The zero-order chi connectivity index (χ0) is 19.9. The van der Waals surface area contributed by atoms with Gasteiger partial charge in [0.25, 0.3) is 5.91 Å². The molecule has 2 amide bonds. The Balaban J connectivity index is 1.46. The van der Waals surface area contributed by atoms with E-state index in [1.165, 1.54) is 7.11 Å². The molecule has 8 heteroatoms. The molecule has 2 aromatic carbocycles. The number of anilines is 1. The SMILES string of the molecule is COc1cc(C(=O)NN2CCN(C(=O)OCc3ccccc3)CC2)ccc1N. The van der Waals surface area contributed by atoms with Crippen LogP contribution in [-0.2, 0) is 11.3 Å². The molecule has 0 atom stereocenters. The van der Waals surface area contributed by atoms with E-state index in [4.69, 9.17) is 15.2 Å². The molecule has 0 bridgehead atoms. The molecule has 1 saturated heterocycles. The number of amides is 2. The van der Waals surface area contributed by atoms with Crippen LogP contribution in [0.1, 0.15) is 15.9 Å². The van der Waals surface area contributed by atoms with Gasteiger partial charge in [-0.1, -0.05) is 30.3 Å². The van der Waals surface area contributed by atoms with Crippen molar-refractivity contribution in [3.05, 3.63) is 59.7 Å². The lowest BCUT2D eigenvalue weighted by Crippen LogP contribution is -2.54. The predicted octanol–water partition coefficient (Wildman–Crippen LogP) is 1.88. The Bertz CT molecular complexity index is 820. The summed E-state index contributed by atoms with van der Waals surface area (Å²) in [4.78, 5) is 26.2. The molecule has 1 heterocycles. The van der Waals surface area contributed by atoms with Gasteiger partial charge in [-0.3, -0.25) is 10.2 Å². The van der Waals surface area contributed by atoms with Gasteiger partial charge in [0.1, 0.15) is 12.4 Å². The van der Waals surface area contributed by atoms with Crippen molar-refractivity contribution >= 4 is 17.7 Å². The molecule has 0 radical (unpaired) electrons. The minimum absolute atomic E-state index is 0.246. The van der Waals surface area contributed by atoms with Crippen molar-refractivity contribution in [2.24, 2.45) is 0 Å². The number of nitrogens with two attached hydrogens (primary N) is 1. The van der Waals surface area contributed by atoms with E-state index in [0.717, 1.165) is 5.56 Å². The maximum absolute atomic E-state index is 12.4. The van der Waals surface area contributed by atoms with Crippen LogP contribution in [0.2, 0.25) is 0 Å². The Kier molecular flexibility index (Phi) is 6.33. The Morgan fingerprint density at radius 1 is 1.07 bits per heavy atom. The van der Waals surface area contributed by atoms with E-state index in [2.05, 4.69) is 5.43 Å². The van der Waals surface area contributed by atoms with Gasteiger partial charge in [0.15, 0.2) is 0 Å². The van der Waals surface area contributed by atoms with Gasteiger partial charge in [-0.05, 0) is 23.8 Å². The molecule has 1 fully saturated rings. The van der Waals surface area contributed by atoms with E-state index in [1.807, 2.05) is 30.3 Å². The van der Waals surface area contributed by atoms with Gasteiger partial charge in [-0.15, -0.1) is 0 Å². The molecule has 0 aliphatic carbocycles. The van der Waals surface area contributed by atoms with Crippen molar-refractivity contribution in [1.29, 1.82) is 0 Å². The van der Waals surface area contributed by atoms with Gasteiger partial charge < -0.3 is 20.1 Å². The minimum Gasteiger partial charge on any atom is -0.495 e. The Morgan fingerprint density at radius 3 is 2.46 bits per heavy atom. The van der Waals surface area contributed by atoms with E-state index < -0.39 is 0 Å². The van der Waals surface area contributed by atoms with Crippen molar-refractivity contribution in [3.8, 4) is 5.75 Å². The van der Waals surface area contributed by atoms with Crippen LogP contribution >= 0.6 is 0 Å². The quantitative estimate of drug-likeness (QED) is 0.764. The highest BCUT2D eigenvalue weighted by Crippen LogP contribution is 2.22. The number of nitrogen functional groups attached to an aromatic ring is 1. The molecule has 8 nitrogen and oxygen atoms in total. The Labute approximate surface area is 163 Å². The number of rotatable bonds is 5. The highest BCUT2D eigenvalue weighted by molar-refractivity contribution is 5.94. The molecule has 3 rings (SSSR count). The summed E-state index contributed by atoms with van der Waals surface area (Å²) in [6.45, 7) is 2.21. The largest absolute Gasteiger partial charge is 0.495 e. The third-order valence-electron chi connectivity index (χ3n) is 4.50. The molecule has 0 saturated carbocycles. The fraction of sp³-hybridized carbons (Fsp3) is 0.300. The van der Waals surface area contributed by atoms with Crippen LogP contribution in [0.4, 0.5) is 10.5 Å². The molecular formula is C20H24N4O4. The van der Waals surface area contributed by atoms with Crippen LogP contribution in [0.15, 0.2) is 48.5 Å². The standard InChI is InChI=1S/C20H24N4O4/c1-27-18-13-16(7-8-17(18)21)19(25)22-24-11-9-23(10-12-24)20(26)28-14-15-5-3-2-4-6-15/h2-8,13H,9-12,14,21H2,1H3,(H,22,25). The van der Waals surface area contributed by atoms with Crippen molar-refractivity contribution in [2.45, 2.75) is 6.61 Å². The summed E-state index contributed by atoms with van der Waals surface area (Å²) in [5, 5.41) is 1.78. The summed E-state index contributed by atoms with van der Waals surface area (Å²) in [5.41, 5.74) is 10.5. The van der Waals surface area contributed by atoms with Crippen molar-refractivity contribution in [3.63, 3.8) is 0 Å². The monoisotopic (exact) mass is 384 g/mol. The number of piperazine rings is 1. The number of hydrogen-bond acceptors (Lipinski definition) is 6. The fourth-order valence-corrected chi connectivity index (χ4v) is 2.87. The van der Waals surface area contributed by atoms with Gasteiger partial charge in [0.05, 0.1) is 12.8 Å². The van der Waals surface area contributed by atoms with Crippen molar-refractivity contribution in [1.82, 2.24) is 15.3 Å². The van der Waals surface area contributed by atoms with Crippen LogP contribution in [0.5, 0.6) is 5.75 Å². The molecule has 1 aliphatic rings. The molecule has 1 aliphatic heterocycles. The van der Waals surface area contributed by atoms with Gasteiger partial charge in [0, 0.05) is 31.7 Å². The summed E-state index contributed by atoms with van der Waals surface area (Å²) in [6, 6.07) is 14.4. The number of hydrogen-bond donors (Lipinski definition) is 2. The lowest BCUT2D eigenvalue weighted by atomic mass is 10.2. The summed E-state index contributed by atoms with van der Waals surface area (Å²) in [7, 11) is 1.50. The third-order valence-corrected chi connectivity index (χ3v) is 4.50. The summed E-state index contributed by atoms with van der Waals surface area (Å²) in [5.74, 6) is 0.206. The maximum Gasteiger partial charge on any atom is 0.410 e. The molecule has 2 aromatic rings. The predicted molar refractivity (Wildman–Crippen MR) is 105 cm³/mol. The maximum atomic E-state index is 12.4. The zero-order valence-corrected chi connectivity index (χ0v) is 15.8. The number of methoxy groups -OCH3 is 1. The number of carbonyl (C=O) groups is 2. The first kappa shape index (κ1) is 19.5. The molecule has 3 N–H and O–H groups in total. The molecule has 0 aromatic heterocycles. The van der Waals surface area contributed by atoms with E-state index in [-0.39, 0.29) is 18.6 Å². The van der Waals surface area contributed by atoms with Crippen LogP contribution in [-0.4, -0.2) is 55.2 Å². The summed E-state index contributed by atoms with van der Waals surface area (Å²) in [6.07, 6.45) is -0.349. The topological polar surface area (TPSA) is 97.1 Å². The van der Waals surface area contributed by atoms with Gasteiger partial charge >= 0.3 is 6.09 Å². The van der Waals surface area contributed by atoms with Gasteiger partial charge in [0.2, 0.25) is 0 Å². The number of nitrogens with one attached hydrogen (secondary N) is 1. The van der Waals surface area contributed by atoms with E-state index in [0.29, 0.717) is 43.2 Å². The summed E-state index contributed by atoms with van der Waals surface area (Å²) < 4.78 is 10.5. The number of carbonyl (C=O) groups excluding carboxylic acids is 2. The fourth-order valence-electron chi connectivity index (χ4n) is 2.87. The minimum atomic E-state index is -0.349. The zero-order valence-electron chi connectivity index (χ0n) is 15.8.